The highest BCUT2D eigenvalue weighted by Crippen LogP contribution is 2.23. The van der Waals surface area contributed by atoms with Gasteiger partial charge in [0.2, 0.25) is 11.8 Å². The minimum atomic E-state index is -0.525. The second-order valence-corrected chi connectivity index (χ2v) is 4.29. The molecule has 1 amide bonds. The van der Waals surface area contributed by atoms with Crippen LogP contribution in [0.15, 0.2) is 42.6 Å². The van der Waals surface area contributed by atoms with Crippen molar-refractivity contribution in [1.29, 1.82) is 0 Å². The van der Waals surface area contributed by atoms with Crippen molar-refractivity contribution in [3.8, 4) is 11.6 Å². The predicted molar refractivity (Wildman–Crippen MR) is 76.5 cm³/mol. The number of hydrogen-bond donors (Lipinski definition) is 0. The van der Waals surface area contributed by atoms with Crippen LogP contribution in [-0.2, 0) is 4.79 Å². The molecular weight excluding hydrogens is 274 g/mol. The Labute approximate surface area is 120 Å². The summed E-state index contributed by atoms with van der Waals surface area (Å²) in [5.41, 5.74) is 0.646. The highest BCUT2D eigenvalue weighted by Gasteiger charge is 2.08. The van der Waals surface area contributed by atoms with Crippen molar-refractivity contribution in [3.63, 3.8) is 0 Å². The molecule has 0 aliphatic heterocycles. The number of hydrogen-bond acceptors (Lipinski definition) is 5. The lowest BCUT2D eigenvalue weighted by atomic mass is 10.3. The van der Waals surface area contributed by atoms with Crippen molar-refractivity contribution in [2.24, 2.45) is 0 Å². The fraction of sp³-hybridized carbons (Fsp3) is 0.143. The number of amides is 1. The molecule has 0 saturated heterocycles. The molecule has 7 nitrogen and oxygen atoms in total. The Morgan fingerprint density at radius 1 is 1.24 bits per heavy atom. The Morgan fingerprint density at radius 3 is 2.38 bits per heavy atom. The van der Waals surface area contributed by atoms with Gasteiger partial charge in [-0.2, -0.15) is 0 Å². The normalized spacial score (nSPS) is 10.0. The lowest BCUT2D eigenvalue weighted by molar-refractivity contribution is -0.385. The molecule has 0 spiro atoms. The van der Waals surface area contributed by atoms with E-state index in [0.717, 1.165) is 11.9 Å². The average Bonchev–Trinajstić information content (AvgIpc) is 2.47. The number of nitrogens with zero attached hydrogens (tertiary/aromatic N) is 3. The molecule has 0 aliphatic carbocycles. The third kappa shape index (κ3) is 3.53. The molecule has 1 aromatic heterocycles. The van der Waals surface area contributed by atoms with Crippen LogP contribution in [-0.4, -0.2) is 22.9 Å². The molecule has 108 valence electrons. The van der Waals surface area contributed by atoms with Gasteiger partial charge in [-0.05, 0) is 24.3 Å². The van der Waals surface area contributed by atoms with Crippen LogP contribution in [0.1, 0.15) is 6.92 Å². The fourth-order valence-electron chi connectivity index (χ4n) is 1.58. The van der Waals surface area contributed by atoms with E-state index >= 15 is 0 Å². The largest absolute Gasteiger partial charge is 0.439 e. The number of carbonyl (C=O) groups excluding carboxylic acids is 1. The first-order chi connectivity index (χ1) is 9.97. The van der Waals surface area contributed by atoms with Crippen LogP contribution in [0.4, 0.5) is 11.4 Å². The van der Waals surface area contributed by atoms with Crippen LogP contribution in [0.5, 0.6) is 11.6 Å². The maximum atomic E-state index is 11.2. The highest BCUT2D eigenvalue weighted by atomic mass is 16.6. The minimum absolute atomic E-state index is 0.0688. The lowest BCUT2D eigenvalue weighted by Crippen LogP contribution is -2.22. The van der Waals surface area contributed by atoms with Crippen LogP contribution in [0.25, 0.3) is 0 Å². The highest BCUT2D eigenvalue weighted by molar-refractivity contribution is 5.90. The van der Waals surface area contributed by atoms with Gasteiger partial charge in [-0.1, -0.05) is 0 Å². The summed E-state index contributed by atoms with van der Waals surface area (Å²) in [5.74, 6) is 0.714. The van der Waals surface area contributed by atoms with Crippen molar-refractivity contribution in [2.75, 3.05) is 11.9 Å². The summed E-state index contributed by atoms with van der Waals surface area (Å²) in [6.07, 6.45) is 1.13. The van der Waals surface area contributed by atoms with Gasteiger partial charge in [-0.3, -0.25) is 14.9 Å². The van der Waals surface area contributed by atoms with Crippen LogP contribution in [0, 0.1) is 10.1 Å². The molecule has 0 atom stereocenters. The first-order valence-corrected chi connectivity index (χ1v) is 6.10. The molecule has 1 heterocycles. The van der Waals surface area contributed by atoms with E-state index in [0.29, 0.717) is 5.75 Å². The molecule has 0 saturated carbocycles. The standard InChI is InChI=1S/C14H13N3O4/c1-10(18)16(2)11-3-6-13(7-4-11)21-14-8-5-12(9-15-14)17(19)20/h3-9H,1-2H3. The number of nitro groups is 1. The van der Waals surface area contributed by atoms with Crippen LogP contribution < -0.4 is 9.64 Å². The molecule has 0 aliphatic rings. The van der Waals surface area contributed by atoms with Gasteiger partial charge in [0.05, 0.1) is 4.92 Å². The van der Waals surface area contributed by atoms with E-state index in [1.165, 1.54) is 24.0 Å². The van der Waals surface area contributed by atoms with Crippen molar-refractivity contribution in [3.05, 3.63) is 52.7 Å². The summed E-state index contributed by atoms with van der Waals surface area (Å²) in [6, 6.07) is 9.61. The van der Waals surface area contributed by atoms with E-state index in [9.17, 15) is 14.9 Å². The Balaban J connectivity index is 2.09. The van der Waals surface area contributed by atoms with E-state index in [4.69, 9.17) is 4.74 Å². The zero-order valence-corrected chi connectivity index (χ0v) is 11.5. The monoisotopic (exact) mass is 287 g/mol. The maximum absolute atomic E-state index is 11.2. The lowest BCUT2D eigenvalue weighted by Gasteiger charge is -2.15. The summed E-state index contributed by atoms with van der Waals surface area (Å²) >= 11 is 0. The van der Waals surface area contributed by atoms with Gasteiger partial charge >= 0.3 is 0 Å². The molecule has 2 aromatic rings. The van der Waals surface area contributed by atoms with Gasteiger partial charge in [0.25, 0.3) is 5.69 Å². The number of benzene rings is 1. The SMILES string of the molecule is CC(=O)N(C)c1ccc(Oc2ccc([N+](=O)[O-])cn2)cc1. The topological polar surface area (TPSA) is 85.6 Å². The van der Waals surface area contributed by atoms with E-state index in [-0.39, 0.29) is 17.5 Å². The Morgan fingerprint density at radius 2 is 1.90 bits per heavy atom. The smallest absolute Gasteiger partial charge is 0.287 e. The fourth-order valence-corrected chi connectivity index (χ4v) is 1.58. The van der Waals surface area contributed by atoms with E-state index in [1.807, 2.05) is 0 Å². The molecule has 0 fully saturated rings. The molecule has 1 aromatic carbocycles. The quantitative estimate of drug-likeness (QED) is 0.637. The van der Waals surface area contributed by atoms with Gasteiger partial charge in [0, 0.05) is 31.8 Å². The van der Waals surface area contributed by atoms with Crippen molar-refractivity contribution in [1.82, 2.24) is 4.98 Å². The Bertz CT molecular complexity index is 653. The number of carbonyl (C=O) groups is 1. The number of pyridine rings is 1. The molecule has 0 N–H and O–H groups in total. The number of anilines is 1. The molecular formula is C14H13N3O4. The number of rotatable bonds is 4. The van der Waals surface area contributed by atoms with E-state index in [2.05, 4.69) is 4.98 Å². The first-order valence-electron chi connectivity index (χ1n) is 6.10. The summed E-state index contributed by atoms with van der Waals surface area (Å²) in [4.78, 5) is 26.6. The molecule has 7 heteroatoms. The van der Waals surface area contributed by atoms with Crippen LogP contribution >= 0.6 is 0 Å². The van der Waals surface area contributed by atoms with Crippen molar-refractivity contribution in [2.45, 2.75) is 6.92 Å². The first kappa shape index (κ1) is 14.4. The van der Waals surface area contributed by atoms with Gasteiger partial charge in [0.1, 0.15) is 11.9 Å². The number of aromatic nitrogens is 1. The molecule has 0 unspecified atom stereocenters. The summed E-state index contributed by atoms with van der Waals surface area (Å²) in [6.45, 7) is 1.48. The maximum Gasteiger partial charge on any atom is 0.287 e. The van der Waals surface area contributed by atoms with Gasteiger partial charge in [-0.15, -0.1) is 0 Å². The minimum Gasteiger partial charge on any atom is -0.439 e. The second-order valence-electron chi connectivity index (χ2n) is 4.29. The zero-order valence-electron chi connectivity index (χ0n) is 11.5. The van der Waals surface area contributed by atoms with Crippen LogP contribution in [0.2, 0.25) is 0 Å². The summed E-state index contributed by atoms with van der Waals surface area (Å²) in [7, 11) is 1.68. The van der Waals surface area contributed by atoms with Crippen LogP contribution in [0.3, 0.4) is 0 Å². The zero-order chi connectivity index (χ0) is 15.4. The van der Waals surface area contributed by atoms with Gasteiger partial charge in [0.15, 0.2) is 0 Å². The summed E-state index contributed by atoms with van der Waals surface area (Å²) in [5, 5.41) is 10.5. The third-order valence-electron chi connectivity index (χ3n) is 2.85. The molecule has 21 heavy (non-hydrogen) atoms. The third-order valence-corrected chi connectivity index (χ3v) is 2.85. The summed E-state index contributed by atoms with van der Waals surface area (Å²) < 4.78 is 5.47. The second kappa shape index (κ2) is 6.00. The average molecular weight is 287 g/mol. The van der Waals surface area contributed by atoms with Crippen molar-refractivity contribution < 1.29 is 14.5 Å². The molecule has 2 rings (SSSR count). The van der Waals surface area contributed by atoms with E-state index < -0.39 is 4.92 Å². The Kier molecular flexibility index (Phi) is 4.13. The van der Waals surface area contributed by atoms with E-state index in [1.54, 1.807) is 31.3 Å². The molecule has 0 bridgehead atoms. The van der Waals surface area contributed by atoms with Gasteiger partial charge < -0.3 is 9.64 Å². The number of ether oxygens (including phenoxy) is 1. The predicted octanol–water partition coefficient (Wildman–Crippen LogP) is 2.76. The Hall–Kier alpha value is -2.96. The van der Waals surface area contributed by atoms with Gasteiger partial charge in [-0.25, -0.2) is 4.98 Å². The van der Waals surface area contributed by atoms with Crippen molar-refractivity contribution >= 4 is 17.3 Å². The molecule has 0 radical (unpaired) electrons.